The molecule has 1 fully saturated rings. The number of hydrogen-bond donors (Lipinski definition) is 1. The third-order valence-corrected chi connectivity index (χ3v) is 5.13. The number of rotatable bonds is 4. The molecule has 0 heterocycles. The lowest BCUT2D eigenvalue weighted by Crippen LogP contribution is -2.38. The monoisotopic (exact) mass is 292 g/mol. The van der Waals surface area contributed by atoms with Crippen LogP contribution in [0.25, 0.3) is 0 Å². The van der Waals surface area contributed by atoms with E-state index in [1.54, 1.807) is 6.07 Å². The van der Waals surface area contributed by atoms with Gasteiger partial charge in [0, 0.05) is 30.4 Å². The molecule has 0 amide bonds. The Kier molecular flexibility index (Phi) is 4.92. The van der Waals surface area contributed by atoms with Crippen molar-refractivity contribution in [1.29, 1.82) is 0 Å². The number of halogens is 1. The van der Waals surface area contributed by atoms with E-state index >= 15 is 0 Å². The molecule has 1 aliphatic carbocycles. The summed E-state index contributed by atoms with van der Waals surface area (Å²) in [6.45, 7) is 6.71. The van der Waals surface area contributed by atoms with E-state index in [1.165, 1.54) is 25.7 Å². The lowest BCUT2D eigenvalue weighted by Gasteiger charge is -2.40. The van der Waals surface area contributed by atoms with Gasteiger partial charge in [-0.3, -0.25) is 0 Å². The largest absolute Gasteiger partial charge is 0.371 e. The molecule has 0 radical (unpaired) electrons. The number of nitrogens with one attached hydrogen (secondary N) is 1. The van der Waals surface area contributed by atoms with Crippen LogP contribution >= 0.6 is 0 Å². The van der Waals surface area contributed by atoms with E-state index in [2.05, 4.69) is 31.1 Å². The van der Waals surface area contributed by atoms with Crippen LogP contribution < -0.4 is 10.2 Å². The summed E-state index contributed by atoms with van der Waals surface area (Å²) in [5.41, 5.74) is 2.27. The quantitative estimate of drug-likeness (QED) is 0.878. The van der Waals surface area contributed by atoms with Crippen molar-refractivity contribution in [3.05, 3.63) is 29.6 Å². The number of anilines is 1. The minimum atomic E-state index is -0.114. The lowest BCUT2D eigenvalue weighted by molar-refractivity contribution is 0.222. The van der Waals surface area contributed by atoms with Gasteiger partial charge in [0.2, 0.25) is 0 Å². The van der Waals surface area contributed by atoms with Gasteiger partial charge in [0.15, 0.2) is 0 Å². The fourth-order valence-corrected chi connectivity index (χ4v) is 3.37. The van der Waals surface area contributed by atoms with E-state index in [0.29, 0.717) is 11.5 Å². The zero-order chi connectivity index (χ0) is 15.6. The van der Waals surface area contributed by atoms with Gasteiger partial charge in [-0.1, -0.05) is 19.9 Å². The zero-order valence-electron chi connectivity index (χ0n) is 14.0. The Morgan fingerprint density at radius 3 is 2.48 bits per heavy atom. The molecule has 0 bridgehead atoms. The Morgan fingerprint density at radius 1 is 1.29 bits per heavy atom. The average Bonchev–Trinajstić information content (AvgIpc) is 2.45. The Balaban J connectivity index is 2.23. The summed E-state index contributed by atoms with van der Waals surface area (Å²) in [6, 6.07) is 5.96. The van der Waals surface area contributed by atoms with Crippen LogP contribution in [0.2, 0.25) is 0 Å². The van der Waals surface area contributed by atoms with Crippen molar-refractivity contribution in [1.82, 2.24) is 5.32 Å². The van der Waals surface area contributed by atoms with Crippen LogP contribution in [0.4, 0.5) is 10.1 Å². The fraction of sp³-hybridized carbons (Fsp3) is 0.667. The molecule has 2 rings (SSSR count). The van der Waals surface area contributed by atoms with Crippen molar-refractivity contribution in [3.8, 4) is 0 Å². The van der Waals surface area contributed by atoms with Crippen molar-refractivity contribution in [2.75, 3.05) is 19.0 Å². The maximum absolute atomic E-state index is 14.3. The maximum Gasteiger partial charge on any atom is 0.130 e. The fourth-order valence-electron chi connectivity index (χ4n) is 3.37. The standard InChI is InChI=1S/C18H29FN2/c1-13(20-4)17-15(19)7-6-8-16(17)21(5)14-9-11-18(2,3)12-10-14/h6-8,13-14,20H,9-12H2,1-5H3. The van der Waals surface area contributed by atoms with E-state index < -0.39 is 0 Å². The summed E-state index contributed by atoms with van der Waals surface area (Å²) in [6.07, 6.45) is 4.86. The summed E-state index contributed by atoms with van der Waals surface area (Å²) in [7, 11) is 3.99. The van der Waals surface area contributed by atoms with Gasteiger partial charge < -0.3 is 10.2 Å². The summed E-state index contributed by atoms with van der Waals surface area (Å²) in [4.78, 5) is 2.29. The molecular weight excluding hydrogens is 263 g/mol. The molecule has 1 aliphatic rings. The van der Waals surface area contributed by atoms with E-state index in [0.717, 1.165) is 11.3 Å². The van der Waals surface area contributed by atoms with Gasteiger partial charge in [-0.25, -0.2) is 4.39 Å². The van der Waals surface area contributed by atoms with Crippen LogP contribution in [0.1, 0.15) is 58.1 Å². The maximum atomic E-state index is 14.3. The molecule has 118 valence electrons. The second-order valence-corrected chi connectivity index (χ2v) is 7.19. The molecule has 0 aromatic heterocycles. The minimum Gasteiger partial charge on any atom is -0.371 e. The molecular formula is C18H29FN2. The molecule has 1 unspecified atom stereocenters. The first-order valence-electron chi connectivity index (χ1n) is 8.04. The van der Waals surface area contributed by atoms with Crippen LogP contribution in [-0.2, 0) is 0 Å². The molecule has 0 saturated heterocycles. The van der Waals surface area contributed by atoms with Gasteiger partial charge in [-0.2, -0.15) is 0 Å². The highest BCUT2D eigenvalue weighted by atomic mass is 19.1. The van der Waals surface area contributed by atoms with Gasteiger partial charge in [0.05, 0.1) is 0 Å². The first-order chi connectivity index (χ1) is 9.85. The van der Waals surface area contributed by atoms with Gasteiger partial charge in [0.1, 0.15) is 5.82 Å². The number of benzene rings is 1. The molecule has 1 saturated carbocycles. The molecule has 1 aromatic rings. The van der Waals surface area contributed by atoms with Crippen LogP contribution in [0, 0.1) is 11.2 Å². The second kappa shape index (κ2) is 6.35. The summed E-state index contributed by atoms with van der Waals surface area (Å²) < 4.78 is 14.3. The molecule has 2 nitrogen and oxygen atoms in total. The summed E-state index contributed by atoms with van der Waals surface area (Å²) in [5, 5.41) is 3.17. The Morgan fingerprint density at radius 2 is 1.90 bits per heavy atom. The van der Waals surface area contributed by atoms with Crippen LogP contribution in [-0.4, -0.2) is 20.1 Å². The molecule has 21 heavy (non-hydrogen) atoms. The zero-order valence-corrected chi connectivity index (χ0v) is 14.0. The Bertz CT molecular complexity index is 474. The molecule has 0 spiro atoms. The Labute approximate surface area is 128 Å². The van der Waals surface area contributed by atoms with Crippen molar-refractivity contribution >= 4 is 5.69 Å². The van der Waals surface area contributed by atoms with Gasteiger partial charge in [0.25, 0.3) is 0 Å². The number of hydrogen-bond acceptors (Lipinski definition) is 2. The summed E-state index contributed by atoms with van der Waals surface area (Å²) in [5.74, 6) is -0.114. The van der Waals surface area contributed by atoms with E-state index in [4.69, 9.17) is 0 Å². The molecule has 1 aromatic carbocycles. The van der Waals surface area contributed by atoms with Crippen molar-refractivity contribution < 1.29 is 4.39 Å². The third kappa shape index (κ3) is 3.57. The normalized spacial score (nSPS) is 20.3. The van der Waals surface area contributed by atoms with E-state index in [1.807, 2.05) is 26.1 Å². The smallest absolute Gasteiger partial charge is 0.130 e. The molecule has 1 atom stereocenters. The second-order valence-electron chi connectivity index (χ2n) is 7.19. The van der Waals surface area contributed by atoms with Gasteiger partial charge in [-0.05, 0) is 57.2 Å². The predicted molar refractivity (Wildman–Crippen MR) is 88.3 cm³/mol. The third-order valence-electron chi connectivity index (χ3n) is 5.13. The van der Waals surface area contributed by atoms with Crippen LogP contribution in [0.5, 0.6) is 0 Å². The summed E-state index contributed by atoms with van der Waals surface area (Å²) >= 11 is 0. The molecule has 0 aliphatic heterocycles. The highest BCUT2D eigenvalue weighted by molar-refractivity contribution is 5.55. The minimum absolute atomic E-state index is 0.0173. The number of nitrogens with zero attached hydrogens (tertiary/aromatic N) is 1. The van der Waals surface area contributed by atoms with Crippen LogP contribution in [0.15, 0.2) is 18.2 Å². The first kappa shape index (κ1) is 16.3. The van der Waals surface area contributed by atoms with Gasteiger partial charge in [-0.15, -0.1) is 0 Å². The Hall–Kier alpha value is -1.09. The van der Waals surface area contributed by atoms with E-state index in [-0.39, 0.29) is 11.9 Å². The van der Waals surface area contributed by atoms with Crippen molar-refractivity contribution in [2.45, 2.75) is 58.5 Å². The predicted octanol–water partition coefficient (Wildman–Crippen LogP) is 4.51. The topological polar surface area (TPSA) is 15.3 Å². The average molecular weight is 292 g/mol. The first-order valence-corrected chi connectivity index (χ1v) is 8.04. The highest BCUT2D eigenvalue weighted by Crippen LogP contribution is 2.39. The van der Waals surface area contributed by atoms with Gasteiger partial charge >= 0.3 is 0 Å². The van der Waals surface area contributed by atoms with Crippen molar-refractivity contribution in [3.63, 3.8) is 0 Å². The molecule has 1 N–H and O–H groups in total. The van der Waals surface area contributed by atoms with Crippen molar-refractivity contribution in [2.24, 2.45) is 5.41 Å². The van der Waals surface area contributed by atoms with Crippen LogP contribution in [0.3, 0.4) is 0 Å². The molecule has 3 heteroatoms. The SMILES string of the molecule is CNC(C)c1c(F)cccc1N(C)C1CCC(C)(C)CC1. The lowest BCUT2D eigenvalue weighted by atomic mass is 9.75. The highest BCUT2D eigenvalue weighted by Gasteiger charge is 2.30. The van der Waals surface area contributed by atoms with E-state index in [9.17, 15) is 4.39 Å².